The molecule has 0 aromatic rings. The van der Waals surface area contributed by atoms with E-state index in [-0.39, 0.29) is 18.0 Å². The SMILES string of the molecule is CC12CCCCC(=O)C1=CC=C1C2C(F)=NN1C1CCCCO1. The van der Waals surface area contributed by atoms with Crippen molar-refractivity contribution in [3.63, 3.8) is 0 Å². The topological polar surface area (TPSA) is 41.9 Å². The van der Waals surface area contributed by atoms with Crippen molar-refractivity contribution < 1.29 is 13.9 Å². The molecule has 23 heavy (non-hydrogen) atoms. The summed E-state index contributed by atoms with van der Waals surface area (Å²) < 4.78 is 20.6. The van der Waals surface area contributed by atoms with Crippen LogP contribution in [-0.2, 0) is 9.53 Å². The molecule has 2 heterocycles. The van der Waals surface area contributed by atoms with Gasteiger partial charge in [0.1, 0.15) is 0 Å². The molecule has 0 N–H and O–H groups in total. The lowest BCUT2D eigenvalue weighted by Gasteiger charge is -2.40. The molecule has 3 atom stereocenters. The number of ketones is 1. The van der Waals surface area contributed by atoms with Crippen molar-refractivity contribution in [3.05, 3.63) is 23.4 Å². The third-order valence-electron chi connectivity index (χ3n) is 5.75. The summed E-state index contributed by atoms with van der Waals surface area (Å²) in [5.74, 6) is -0.635. The van der Waals surface area contributed by atoms with E-state index >= 15 is 0 Å². The maximum Gasteiger partial charge on any atom is 0.218 e. The number of hydrazone groups is 1. The van der Waals surface area contributed by atoms with E-state index in [1.54, 1.807) is 5.01 Å². The van der Waals surface area contributed by atoms with E-state index in [0.29, 0.717) is 13.0 Å². The number of Topliss-reactive ketones (excluding diaryl/α,β-unsaturated/α-hetero) is 1. The Hall–Kier alpha value is -1.49. The third-order valence-corrected chi connectivity index (χ3v) is 5.75. The molecule has 0 aromatic heterocycles. The molecular formula is C18H23FN2O2. The van der Waals surface area contributed by atoms with Crippen LogP contribution in [0.5, 0.6) is 0 Å². The average molecular weight is 318 g/mol. The quantitative estimate of drug-likeness (QED) is 0.740. The van der Waals surface area contributed by atoms with Crippen LogP contribution >= 0.6 is 0 Å². The molecule has 4 nitrogen and oxygen atoms in total. The van der Waals surface area contributed by atoms with Gasteiger partial charge in [0, 0.05) is 24.0 Å². The molecule has 4 aliphatic rings. The summed E-state index contributed by atoms with van der Waals surface area (Å²) in [5.41, 5.74) is 1.16. The molecule has 4 rings (SSSR count). The highest BCUT2D eigenvalue weighted by Crippen LogP contribution is 2.53. The fraction of sp³-hybridized carbons (Fsp3) is 0.667. The number of carbonyl (C=O) groups excluding carboxylic acids is 1. The van der Waals surface area contributed by atoms with Gasteiger partial charge in [-0.3, -0.25) is 4.79 Å². The van der Waals surface area contributed by atoms with Crippen LogP contribution in [0.4, 0.5) is 4.39 Å². The molecule has 2 aliphatic heterocycles. The molecular weight excluding hydrogens is 295 g/mol. The number of rotatable bonds is 1. The average Bonchev–Trinajstić information content (AvgIpc) is 2.82. The van der Waals surface area contributed by atoms with E-state index in [0.717, 1.165) is 49.8 Å². The second-order valence-corrected chi connectivity index (χ2v) is 7.24. The third kappa shape index (κ3) is 2.28. The van der Waals surface area contributed by atoms with Crippen molar-refractivity contribution >= 4 is 11.7 Å². The molecule has 2 aliphatic carbocycles. The predicted octanol–water partition coefficient (Wildman–Crippen LogP) is 3.70. The Morgan fingerprint density at radius 1 is 1.30 bits per heavy atom. The van der Waals surface area contributed by atoms with Gasteiger partial charge in [-0.25, -0.2) is 5.01 Å². The maximum absolute atomic E-state index is 14.8. The van der Waals surface area contributed by atoms with E-state index in [4.69, 9.17) is 4.74 Å². The van der Waals surface area contributed by atoms with Crippen LogP contribution in [0.25, 0.3) is 0 Å². The fourth-order valence-corrected chi connectivity index (χ4v) is 4.50. The molecule has 1 saturated heterocycles. The van der Waals surface area contributed by atoms with Crippen molar-refractivity contribution in [2.75, 3.05) is 6.61 Å². The number of nitrogens with zero attached hydrogens (tertiary/aromatic N) is 2. The van der Waals surface area contributed by atoms with Gasteiger partial charge in [-0.2, -0.15) is 4.39 Å². The molecule has 1 saturated carbocycles. The molecule has 0 radical (unpaired) electrons. The lowest BCUT2D eigenvalue weighted by atomic mass is 9.65. The van der Waals surface area contributed by atoms with Crippen LogP contribution < -0.4 is 0 Å². The Morgan fingerprint density at radius 2 is 2.17 bits per heavy atom. The lowest BCUT2D eigenvalue weighted by Crippen LogP contribution is -2.41. The maximum atomic E-state index is 14.8. The van der Waals surface area contributed by atoms with Crippen molar-refractivity contribution in [2.45, 2.75) is 58.1 Å². The summed E-state index contributed by atoms with van der Waals surface area (Å²) in [6.07, 6.45) is 9.86. The van der Waals surface area contributed by atoms with Gasteiger partial charge in [-0.05, 0) is 38.2 Å². The molecule has 0 amide bonds. The van der Waals surface area contributed by atoms with Crippen molar-refractivity contribution in [3.8, 4) is 0 Å². The van der Waals surface area contributed by atoms with Gasteiger partial charge in [0.15, 0.2) is 12.0 Å². The van der Waals surface area contributed by atoms with Gasteiger partial charge in [0.25, 0.3) is 0 Å². The lowest BCUT2D eigenvalue weighted by molar-refractivity contribution is -0.116. The van der Waals surface area contributed by atoms with Crippen LogP contribution in [0.3, 0.4) is 0 Å². The second kappa shape index (κ2) is 5.55. The van der Waals surface area contributed by atoms with Crippen LogP contribution in [0.15, 0.2) is 28.5 Å². The van der Waals surface area contributed by atoms with Crippen LogP contribution in [0.2, 0.25) is 0 Å². The highest BCUT2D eigenvalue weighted by Gasteiger charge is 2.52. The van der Waals surface area contributed by atoms with E-state index < -0.39 is 11.3 Å². The summed E-state index contributed by atoms with van der Waals surface area (Å²) in [5, 5.41) is 5.92. The van der Waals surface area contributed by atoms with Crippen molar-refractivity contribution in [2.24, 2.45) is 16.4 Å². The van der Waals surface area contributed by atoms with Crippen LogP contribution in [-0.4, -0.2) is 29.6 Å². The first kappa shape index (κ1) is 15.1. The number of halogens is 1. The first-order chi connectivity index (χ1) is 11.1. The Kier molecular flexibility index (Phi) is 3.63. The van der Waals surface area contributed by atoms with Gasteiger partial charge >= 0.3 is 0 Å². The Labute approximate surface area is 136 Å². The summed E-state index contributed by atoms with van der Waals surface area (Å²) in [6.45, 7) is 2.73. The number of allylic oxidation sites excluding steroid dienone is 4. The molecule has 124 valence electrons. The predicted molar refractivity (Wildman–Crippen MR) is 85.2 cm³/mol. The van der Waals surface area contributed by atoms with E-state index in [9.17, 15) is 9.18 Å². The zero-order valence-corrected chi connectivity index (χ0v) is 13.6. The highest BCUT2D eigenvalue weighted by molar-refractivity contribution is 5.99. The number of ether oxygens (including phenoxy) is 1. The van der Waals surface area contributed by atoms with Gasteiger partial charge in [-0.15, -0.1) is 5.10 Å². The highest BCUT2D eigenvalue weighted by atomic mass is 19.1. The molecule has 2 fully saturated rings. The van der Waals surface area contributed by atoms with Gasteiger partial charge in [0.2, 0.25) is 5.97 Å². The smallest absolute Gasteiger partial charge is 0.218 e. The molecule has 0 bridgehead atoms. The first-order valence-corrected chi connectivity index (χ1v) is 8.71. The minimum Gasteiger partial charge on any atom is -0.357 e. The number of hydrogen-bond acceptors (Lipinski definition) is 4. The van der Waals surface area contributed by atoms with Gasteiger partial charge in [0.05, 0.1) is 11.6 Å². The normalized spacial score (nSPS) is 37.4. The van der Waals surface area contributed by atoms with Gasteiger partial charge in [-0.1, -0.05) is 19.4 Å². The van der Waals surface area contributed by atoms with Gasteiger partial charge < -0.3 is 4.74 Å². The molecule has 0 spiro atoms. The largest absolute Gasteiger partial charge is 0.357 e. The summed E-state index contributed by atoms with van der Waals surface area (Å²) in [7, 11) is 0. The Bertz CT molecular complexity index is 619. The van der Waals surface area contributed by atoms with Crippen LogP contribution in [0.1, 0.15) is 51.9 Å². The summed E-state index contributed by atoms with van der Waals surface area (Å²) >= 11 is 0. The minimum atomic E-state index is -0.478. The van der Waals surface area contributed by atoms with Crippen LogP contribution in [0, 0.1) is 11.3 Å². The monoisotopic (exact) mass is 318 g/mol. The number of fused-ring (bicyclic) bond motifs is 3. The Morgan fingerprint density at radius 3 is 2.96 bits per heavy atom. The fourth-order valence-electron chi connectivity index (χ4n) is 4.50. The van der Waals surface area contributed by atoms with E-state index in [1.165, 1.54) is 0 Å². The van der Waals surface area contributed by atoms with E-state index in [2.05, 4.69) is 5.10 Å². The molecule has 0 aromatic carbocycles. The molecule has 3 unspecified atom stereocenters. The minimum absolute atomic E-state index is 0.167. The number of hydrogen-bond donors (Lipinski definition) is 0. The zero-order valence-electron chi connectivity index (χ0n) is 13.6. The Balaban J connectivity index is 1.72. The first-order valence-electron chi connectivity index (χ1n) is 8.71. The van der Waals surface area contributed by atoms with E-state index in [1.807, 2.05) is 19.1 Å². The zero-order chi connectivity index (χ0) is 16.0. The standard InChI is InChI=1S/C18H23FN2O2/c1-18-10-4-2-6-14(22)12(18)8-9-13-16(18)17(19)20-21(13)15-7-3-5-11-23-15/h8-9,15-16H,2-7,10-11H2,1H3. The van der Waals surface area contributed by atoms with Crippen molar-refractivity contribution in [1.29, 1.82) is 0 Å². The number of carbonyl (C=O) groups is 1. The summed E-state index contributed by atoms with van der Waals surface area (Å²) in [4.78, 5) is 12.4. The molecule has 5 heteroatoms. The summed E-state index contributed by atoms with van der Waals surface area (Å²) in [6, 6.07) is 0. The van der Waals surface area contributed by atoms with Crippen molar-refractivity contribution in [1.82, 2.24) is 5.01 Å². The second-order valence-electron chi connectivity index (χ2n) is 7.24.